The third-order valence-corrected chi connectivity index (χ3v) is 3.86. The van der Waals surface area contributed by atoms with Gasteiger partial charge in [-0.1, -0.05) is 24.3 Å². The second-order valence-corrected chi connectivity index (χ2v) is 5.26. The fourth-order valence-electron chi connectivity index (χ4n) is 1.98. The molecule has 0 bridgehead atoms. The molecule has 1 aliphatic carbocycles. The zero-order valence-electron chi connectivity index (χ0n) is 9.15. The predicted octanol–water partition coefficient (Wildman–Crippen LogP) is 2.48. The summed E-state index contributed by atoms with van der Waals surface area (Å²) in [5.74, 6) is 5.61. The van der Waals surface area contributed by atoms with E-state index in [1.807, 2.05) is 17.5 Å². The molecule has 1 atom stereocenters. The van der Waals surface area contributed by atoms with E-state index < -0.39 is 11.7 Å². The van der Waals surface area contributed by atoms with Crippen LogP contribution in [0.2, 0.25) is 0 Å². The van der Waals surface area contributed by atoms with E-state index in [9.17, 15) is 10.2 Å². The van der Waals surface area contributed by atoms with Crippen LogP contribution in [0.5, 0.6) is 0 Å². The Balaban J connectivity index is 2.03. The van der Waals surface area contributed by atoms with Gasteiger partial charge in [-0.3, -0.25) is 0 Å². The van der Waals surface area contributed by atoms with E-state index in [4.69, 9.17) is 0 Å². The summed E-state index contributed by atoms with van der Waals surface area (Å²) in [5, 5.41) is 21.8. The Morgan fingerprint density at radius 3 is 2.69 bits per heavy atom. The highest BCUT2D eigenvalue weighted by molar-refractivity contribution is 7.10. The van der Waals surface area contributed by atoms with Crippen LogP contribution in [0.25, 0.3) is 0 Å². The van der Waals surface area contributed by atoms with Crippen molar-refractivity contribution in [2.45, 2.75) is 43.8 Å². The third-order valence-electron chi connectivity index (χ3n) is 2.93. The van der Waals surface area contributed by atoms with Crippen LogP contribution in [0.4, 0.5) is 0 Å². The molecule has 1 saturated carbocycles. The SMILES string of the molecule is O[C@@H](C#CC1(O)CCCCC1)c1cccs1. The van der Waals surface area contributed by atoms with Gasteiger partial charge < -0.3 is 10.2 Å². The summed E-state index contributed by atoms with van der Waals surface area (Å²) >= 11 is 1.48. The Morgan fingerprint density at radius 2 is 2.06 bits per heavy atom. The Bertz CT molecular complexity index is 380. The van der Waals surface area contributed by atoms with Gasteiger partial charge in [0.25, 0.3) is 0 Å². The number of aliphatic hydroxyl groups is 2. The van der Waals surface area contributed by atoms with Gasteiger partial charge in [-0.2, -0.15) is 0 Å². The molecule has 16 heavy (non-hydrogen) atoms. The van der Waals surface area contributed by atoms with E-state index in [-0.39, 0.29) is 0 Å². The van der Waals surface area contributed by atoms with Crippen LogP contribution in [0.3, 0.4) is 0 Å². The molecule has 1 fully saturated rings. The average molecular weight is 236 g/mol. The van der Waals surface area contributed by atoms with Crippen LogP contribution in [0, 0.1) is 11.8 Å². The summed E-state index contributed by atoms with van der Waals surface area (Å²) in [4.78, 5) is 0.840. The standard InChI is InChI=1S/C13H16O2S/c14-11(12-5-4-10-16-12)6-9-13(15)7-2-1-3-8-13/h4-5,10-11,14-15H,1-3,7-8H2/t11-/m0/s1. The summed E-state index contributed by atoms with van der Waals surface area (Å²) < 4.78 is 0. The molecule has 2 nitrogen and oxygen atoms in total. The molecule has 1 aliphatic rings. The largest absolute Gasteiger partial charge is 0.378 e. The molecule has 1 heterocycles. The van der Waals surface area contributed by atoms with Crippen LogP contribution in [-0.2, 0) is 0 Å². The maximum Gasteiger partial charge on any atom is 0.149 e. The summed E-state index contributed by atoms with van der Waals surface area (Å²) in [6, 6.07) is 3.75. The number of rotatable bonds is 1. The van der Waals surface area contributed by atoms with Crippen LogP contribution in [-0.4, -0.2) is 15.8 Å². The maximum atomic E-state index is 10.1. The minimum absolute atomic E-state index is 0.733. The van der Waals surface area contributed by atoms with Gasteiger partial charge in [0, 0.05) is 4.88 Å². The van der Waals surface area contributed by atoms with E-state index in [1.54, 1.807) is 0 Å². The van der Waals surface area contributed by atoms with Gasteiger partial charge in [0.2, 0.25) is 0 Å². The van der Waals surface area contributed by atoms with Gasteiger partial charge >= 0.3 is 0 Å². The highest BCUT2D eigenvalue weighted by atomic mass is 32.1. The lowest BCUT2D eigenvalue weighted by atomic mass is 9.85. The molecular formula is C13H16O2S. The van der Waals surface area contributed by atoms with E-state index in [1.165, 1.54) is 17.8 Å². The Morgan fingerprint density at radius 1 is 1.31 bits per heavy atom. The first kappa shape index (κ1) is 11.7. The zero-order valence-corrected chi connectivity index (χ0v) is 9.96. The lowest BCUT2D eigenvalue weighted by Crippen LogP contribution is -2.29. The van der Waals surface area contributed by atoms with Gasteiger partial charge in [-0.25, -0.2) is 0 Å². The van der Waals surface area contributed by atoms with Gasteiger partial charge in [-0.15, -0.1) is 11.3 Å². The van der Waals surface area contributed by atoms with Crippen molar-refractivity contribution in [2.24, 2.45) is 0 Å². The van der Waals surface area contributed by atoms with Gasteiger partial charge in [-0.05, 0) is 37.1 Å². The normalized spacial score (nSPS) is 20.9. The number of hydrogen-bond donors (Lipinski definition) is 2. The molecule has 2 N–H and O–H groups in total. The maximum absolute atomic E-state index is 10.1. The molecular weight excluding hydrogens is 220 g/mol. The summed E-state index contributed by atoms with van der Waals surface area (Å²) in [6.45, 7) is 0. The average Bonchev–Trinajstić information content (AvgIpc) is 2.80. The summed E-state index contributed by atoms with van der Waals surface area (Å²) in [6.07, 6.45) is 3.94. The molecule has 2 rings (SSSR count). The van der Waals surface area contributed by atoms with Crippen molar-refractivity contribution in [1.29, 1.82) is 0 Å². The van der Waals surface area contributed by atoms with Gasteiger partial charge in [0.05, 0.1) is 0 Å². The highest BCUT2D eigenvalue weighted by Crippen LogP contribution is 2.27. The minimum Gasteiger partial charge on any atom is -0.378 e. The monoisotopic (exact) mass is 236 g/mol. The fourth-order valence-corrected chi connectivity index (χ4v) is 2.64. The van der Waals surface area contributed by atoms with Crippen LogP contribution >= 0.6 is 11.3 Å². The molecule has 0 aromatic carbocycles. The van der Waals surface area contributed by atoms with E-state index in [0.29, 0.717) is 0 Å². The lowest BCUT2D eigenvalue weighted by Gasteiger charge is -2.26. The predicted molar refractivity (Wildman–Crippen MR) is 65.1 cm³/mol. The molecule has 3 heteroatoms. The third kappa shape index (κ3) is 2.85. The number of thiophene rings is 1. The highest BCUT2D eigenvalue weighted by Gasteiger charge is 2.26. The lowest BCUT2D eigenvalue weighted by molar-refractivity contribution is 0.0604. The molecule has 86 valence electrons. The zero-order chi connectivity index (χ0) is 11.4. The second kappa shape index (κ2) is 5.01. The fraction of sp³-hybridized carbons (Fsp3) is 0.538. The van der Waals surface area contributed by atoms with Crippen molar-refractivity contribution in [3.05, 3.63) is 22.4 Å². The van der Waals surface area contributed by atoms with Gasteiger partial charge in [0.15, 0.2) is 0 Å². The van der Waals surface area contributed by atoms with E-state index >= 15 is 0 Å². The van der Waals surface area contributed by atoms with E-state index in [2.05, 4.69) is 11.8 Å². The molecule has 0 saturated heterocycles. The van der Waals surface area contributed by atoms with Crippen LogP contribution in [0.15, 0.2) is 17.5 Å². The molecule has 1 aromatic rings. The molecule has 0 aliphatic heterocycles. The Hall–Kier alpha value is -0.820. The van der Waals surface area contributed by atoms with Crippen molar-refractivity contribution < 1.29 is 10.2 Å². The Labute approximate surface area is 99.9 Å². The first-order valence-electron chi connectivity index (χ1n) is 5.66. The van der Waals surface area contributed by atoms with Crippen molar-refractivity contribution in [3.63, 3.8) is 0 Å². The summed E-state index contributed by atoms with van der Waals surface area (Å²) in [7, 11) is 0. The van der Waals surface area contributed by atoms with Crippen molar-refractivity contribution in [2.75, 3.05) is 0 Å². The second-order valence-electron chi connectivity index (χ2n) is 4.28. The van der Waals surface area contributed by atoms with Crippen LogP contribution < -0.4 is 0 Å². The smallest absolute Gasteiger partial charge is 0.149 e. The molecule has 0 amide bonds. The first-order valence-corrected chi connectivity index (χ1v) is 6.54. The molecule has 0 spiro atoms. The summed E-state index contributed by atoms with van der Waals surface area (Å²) in [5.41, 5.74) is -0.865. The van der Waals surface area contributed by atoms with Crippen molar-refractivity contribution >= 4 is 11.3 Å². The molecule has 1 aromatic heterocycles. The van der Waals surface area contributed by atoms with Crippen molar-refractivity contribution in [3.8, 4) is 11.8 Å². The van der Waals surface area contributed by atoms with Crippen molar-refractivity contribution in [1.82, 2.24) is 0 Å². The molecule has 0 radical (unpaired) electrons. The van der Waals surface area contributed by atoms with Crippen LogP contribution in [0.1, 0.15) is 43.1 Å². The number of hydrogen-bond acceptors (Lipinski definition) is 3. The number of aliphatic hydroxyl groups excluding tert-OH is 1. The molecule has 0 unspecified atom stereocenters. The quantitative estimate of drug-likeness (QED) is 0.735. The minimum atomic E-state index is -0.865. The van der Waals surface area contributed by atoms with Gasteiger partial charge in [0.1, 0.15) is 11.7 Å². The first-order chi connectivity index (χ1) is 7.70. The topological polar surface area (TPSA) is 40.5 Å². The Kier molecular flexibility index (Phi) is 3.65. The van der Waals surface area contributed by atoms with E-state index in [0.717, 1.165) is 30.6 Å².